The van der Waals surface area contributed by atoms with Gasteiger partial charge in [0, 0.05) is 35.1 Å². The van der Waals surface area contributed by atoms with E-state index in [0.717, 1.165) is 18.8 Å². The molecule has 4 rings (SSSR count). The maximum Gasteiger partial charge on any atom is 0.300 e. The van der Waals surface area contributed by atoms with Crippen LogP contribution in [-0.4, -0.2) is 36.5 Å². The lowest BCUT2D eigenvalue weighted by atomic mass is 9.94. The molecule has 0 spiro atoms. The molecule has 198 valence electrons. The van der Waals surface area contributed by atoms with Crippen molar-refractivity contribution in [3.8, 4) is 5.75 Å². The number of carbonyl (C=O) groups is 2. The summed E-state index contributed by atoms with van der Waals surface area (Å²) >= 11 is 6.09. The van der Waals surface area contributed by atoms with E-state index >= 15 is 0 Å². The molecule has 0 radical (unpaired) electrons. The first-order valence-electron chi connectivity index (χ1n) is 12.9. The highest BCUT2D eigenvalue weighted by atomic mass is 35.5. The molecule has 0 aliphatic carbocycles. The van der Waals surface area contributed by atoms with Crippen molar-refractivity contribution in [1.82, 2.24) is 0 Å². The lowest BCUT2D eigenvalue weighted by Gasteiger charge is -2.27. The molecule has 1 N–H and O–H groups in total. The summed E-state index contributed by atoms with van der Waals surface area (Å²) in [5.41, 5.74) is 2.75. The van der Waals surface area contributed by atoms with E-state index in [1.54, 1.807) is 48.5 Å². The fraction of sp³-hybridized carbons (Fsp3) is 0.290. The van der Waals surface area contributed by atoms with Gasteiger partial charge in [-0.25, -0.2) is 0 Å². The number of aliphatic hydroxyl groups is 1. The van der Waals surface area contributed by atoms with Crippen LogP contribution in [0.5, 0.6) is 5.75 Å². The van der Waals surface area contributed by atoms with Crippen LogP contribution < -0.4 is 14.5 Å². The van der Waals surface area contributed by atoms with E-state index in [1.807, 2.05) is 24.3 Å². The summed E-state index contributed by atoms with van der Waals surface area (Å²) in [4.78, 5) is 30.4. The SMILES string of the molecule is CCN(CC)c1ccc(C2/C(=C(/O)c3ccc(OCC(C)C)cc3)C(=O)C(=O)N2c2ccc(Cl)cc2)cc1. The van der Waals surface area contributed by atoms with Gasteiger partial charge in [-0.05, 0) is 86.0 Å². The second kappa shape index (κ2) is 11.7. The summed E-state index contributed by atoms with van der Waals surface area (Å²) in [5.74, 6) is -0.632. The Balaban J connectivity index is 1.80. The van der Waals surface area contributed by atoms with Crippen molar-refractivity contribution in [3.05, 3.63) is 94.5 Å². The van der Waals surface area contributed by atoms with Crippen LogP contribution in [0.1, 0.15) is 44.9 Å². The minimum absolute atomic E-state index is 0.0383. The van der Waals surface area contributed by atoms with Gasteiger partial charge < -0.3 is 14.7 Å². The van der Waals surface area contributed by atoms with Crippen LogP contribution in [0.15, 0.2) is 78.4 Å². The Labute approximate surface area is 229 Å². The van der Waals surface area contributed by atoms with E-state index in [-0.39, 0.29) is 11.3 Å². The largest absolute Gasteiger partial charge is 0.507 e. The molecule has 1 aliphatic heterocycles. The molecule has 0 saturated carbocycles. The van der Waals surface area contributed by atoms with Gasteiger partial charge in [-0.1, -0.05) is 37.6 Å². The third-order valence-electron chi connectivity index (χ3n) is 6.60. The molecule has 1 aliphatic rings. The van der Waals surface area contributed by atoms with E-state index in [2.05, 4.69) is 32.6 Å². The minimum Gasteiger partial charge on any atom is -0.507 e. The lowest BCUT2D eigenvalue weighted by Crippen LogP contribution is -2.29. The Morgan fingerprint density at radius 2 is 1.55 bits per heavy atom. The van der Waals surface area contributed by atoms with Gasteiger partial charge in [0.2, 0.25) is 0 Å². The normalized spacial score (nSPS) is 16.8. The fourth-order valence-corrected chi connectivity index (χ4v) is 4.73. The predicted octanol–water partition coefficient (Wildman–Crippen LogP) is 6.85. The maximum absolute atomic E-state index is 13.4. The highest BCUT2D eigenvalue weighted by molar-refractivity contribution is 6.51. The van der Waals surface area contributed by atoms with Crippen molar-refractivity contribution in [2.75, 3.05) is 29.5 Å². The first-order valence-corrected chi connectivity index (χ1v) is 13.3. The van der Waals surface area contributed by atoms with Gasteiger partial charge in [-0.15, -0.1) is 0 Å². The molecule has 1 atom stereocenters. The smallest absolute Gasteiger partial charge is 0.300 e. The molecule has 7 heteroatoms. The van der Waals surface area contributed by atoms with Crippen LogP contribution >= 0.6 is 11.6 Å². The Hall–Kier alpha value is -3.77. The van der Waals surface area contributed by atoms with Crippen LogP contribution in [0.25, 0.3) is 5.76 Å². The van der Waals surface area contributed by atoms with Crippen LogP contribution in [0, 0.1) is 5.92 Å². The molecule has 1 unspecified atom stereocenters. The summed E-state index contributed by atoms with van der Waals surface area (Å²) < 4.78 is 5.75. The van der Waals surface area contributed by atoms with Crippen molar-refractivity contribution in [3.63, 3.8) is 0 Å². The van der Waals surface area contributed by atoms with Crippen molar-refractivity contribution in [2.24, 2.45) is 5.92 Å². The average Bonchev–Trinajstić information content (AvgIpc) is 3.19. The van der Waals surface area contributed by atoms with Gasteiger partial charge in [0.1, 0.15) is 11.5 Å². The Morgan fingerprint density at radius 3 is 2.11 bits per heavy atom. The van der Waals surface area contributed by atoms with Gasteiger partial charge in [-0.3, -0.25) is 14.5 Å². The van der Waals surface area contributed by atoms with E-state index in [1.165, 1.54) is 4.90 Å². The second-order valence-electron chi connectivity index (χ2n) is 9.64. The summed E-state index contributed by atoms with van der Waals surface area (Å²) in [5, 5.41) is 11.9. The zero-order valence-corrected chi connectivity index (χ0v) is 22.9. The zero-order chi connectivity index (χ0) is 27.4. The number of aliphatic hydroxyl groups excluding tert-OH is 1. The lowest BCUT2D eigenvalue weighted by molar-refractivity contribution is -0.132. The number of benzene rings is 3. The summed E-state index contributed by atoms with van der Waals surface area (Å²) in [6.45, 7) is 10.6. The van der Waals surface area contributed by atoms with E-state index in [0.29, 0.717) is 40.1 Å². The predicted molar refractivity (Wildman–Crippen MR) is 153 cm³/mol. The monoisotopic (exact) mass is 532 g/mol. The average molecular weight is 533 g/mol. The summed E-state index contributed by atoms with van der Waals surface area (Å²) in [6.07, 6.45) is 0. The van der Waals surface area contributed by atoms with Crippen LogP contribution in [0.2, 0.25) is 5.02 Å². The number of ether oxygens (including phenoxy) is 1. The number of rotatable bonds is 9. The molecule has 38 heavy (non-hydrogen) atoms. The van der Waals surface area contributed by atoms with Crippen LogP contribution in [0.4, 0.5) is 11.4 Å². The summed E-state index contributed by atoms with van der Waals surface area (Å²) in [7, 11) is 0. The number of hydrogen-bond acceptors (Lipinski definition) is 5. The van der Waals surface area contributed by atoms with E-state index in [9.17, 15) is 14.7 Å². The van der Waals surface area contributed by atoms with Crippen molar-refractivity contribution >= 4 is 40.4 Å². The highest BCUT2D eigenvalue weighted by Crippen LogP contribution is 2.42. The number of nitrogens with zero attached hydrogens (tertiary/aromatic N) is 2. The zero-order valence-electron chi connectivity index (χ0n) is 22.1. The number of ketones is 1. The first-order chi connectivity index (χ1) is 18.2. The third-order valence-corrected chi connectivity index (χ3v) is 6.85. The van der Waals surface area contributed by atoms with Gasteiger partial charge in [-0.2, -0.15) is 0 Å². The van der Waals surface area contributed by atoms with E-state index in [4.69, 9.17) is 16.3 Å². The molecular weight excluding hydrogens is 500 g/mol. The maximum atomic E-state index is 13.4. The minimum atomic E-state index is -0.807. The quantitative estimate of drug-likeness (QED) is 0.185. The van der Waals surface area contributed by atoms with E-state index < -0.39 is 17.7 Å². The number of anilines is 2. The van der Waals surface area contributed by atoms with Gasteiger partial charge in [0.15, 0.2) is 0 Å². The van der Waals surface area contributed by atoms with Gasteiger partial charge >= 0.3 is 0 Å². The number of hydrogen-bond donors (Lipinski definition) is 1. The third kappa shape index (κ3) is 5.55. The van der Waals surface area contributed by atoms with Gasteiger partial charge in [0.25, 0.3) is 11.7 Å². The Bertz CT molecular complexity index is 1310. The standard InChI is InChI=1S/C31H33ClN2O4/c1-5-33(6-2)24-13-7-21(8-14-24)28-27(29(35)22-9-17-26(18-10-22)38-19-20(3)4)30(36)31(37)34(28)25-15-11-23(32)12-16-25/h7-18,20,28,35H,5-6,19H2,1-4H3/b29-27-. The summed E-state index contributed by atoms with van der Waals surface area (Å²) in [6, 6.07) is 20.6. The highest BCUT2D eigenvalue weighted by Gasteiger charge is 2.47. The molecular formula is C31H33ClN2O4. The molecule has 1 amide bonds. The topological polar surface area (TPSA) is 70.1 Å². The number of halogens is 1. The molecule has 0 aromatic heterocycles. The van der Waals surface area contributed by atoms with Crippen molar-refractivity contribution < 1.29 is 19.4 Å². The molecule has 1 heterocycles. The fourth-order valence-electron chi connectivity index (χ4n) is 4.60. The molecule has 3 aromatic rings. The molecule has 1 saturated heterocycles. The number of carbonyl (C=O) groups excluding carboxylic acids is 2. The van der Waals surface area contributed by atoms with Crippen LogP contribution in [-0.2, 0) is 9.59 Å². The first kappa shape index (κ1) is 27.3. The second-order valence-corrected chi connectivity index (χ2v) is 10.1. The molecule has 3 aromatic carbocycles. The van der Waals surface area contributed by atoms with Gasteiger partial charge in [0.05, 0.1) is 18.2 Å². The molecule has 6 nitrogen and oxygen atoms in total. The Kier molecular flexibility index (Phi) is 8.42. The number of Topliss-reactive ketones (excluding diaryl/α,β-unsaturated/α-hetero) is 1. The van der Waals surface area contributed by atoms with Crippen molar-refractivity contribution in [2.45, 2.75) is 33.7 Å². The Morgan fingerprint density at radius 1 is 0.947 bits per heavy atom. The number of amides is 1. The van der Waals surface area contributed by atoms with Crippen LogP contribution in [0.3, 0.4) is 0 Å². The van der Waals surface area contributed by atoms with Crippen molar-refractivity contribution in [1.29, 1.82) is 0 Å². The molecule has 0 bridgehead atoms. The molecule has 1 fully saturated rings.